The summed E-state index contributed by atoms with van der Waals surface area (Å²) in [5.74, 6) is 1.51. The maximum absolute atomic E-state index is 4.39. The highest BCUT2D eigenvalue weighted by Crippen LogP contribution is 2.31. The molecule has 1 unspecified atom stereocenters. The Kier molecular flexibility index (Phi) is 6.77. The summed E-state index contributed by atoms with van der Waals surface area (Å²) in [6.07, 6.45) is 1.01. The van der Waals surface area contributed by atoms with E-state index in [0.29, 0.717) is 12.0 Å². The summed E-state index contributed by atoms with van der Waals surface area (Å²) in [5, 5.41) is 12.7. The molecule has 6 nitrogen and oxygen atoms in total. The standard InChI is InChI=1S/C15H30N6.ClH/c1-7-15(4,5)21-14(16-17-18-21)13(12(2)3)20-10-8-19(6)9-11-20;/h12-13H,7-11H2,1-6H3;1H. The van der Waals surface area contributed by atoms with Crippen LogP contribution >= 0.6 is 12.4 Å². The molecule has 22 heavy (non-hydrogen) atoms. The van der Waals surface area contributed by atoms with E-state index in [-0.39, 0.29) is 17.9 Å². The molecule has 7 heteroatoms. The first-order valence-electron chi connectivity index (χ1n) is 8.08. The minimum atomic E-state index is -0.0431. The van der Waals surface area contributed by atoms with E-state index in [1.807, 2.05) is 4.68 Å². The number of aromatic nitrogens is 4. The molecule has 1 fully saturated rings. The molecule has 0 N–H and O–H groups in total. The van der Waals surface area contributed by atoms with Crippen LogP contribution in [0.25, 0.3) is 0 Å². The van der Waals surface area contributed by atoms with Crippen molar-refractivity contribution in [2.75, 3.05) is 33.2 Å². The highest BCUT2D eigenvalue weighted by molar-refractivity contribution is 5.85. The largest absolute Gasteiger partial charge is 0.304 e. The highest BCUT2D eigenvalue weighted by Gasteiger charge is 2.34. The van der Waals surface area contributed by atoms with Gasteiger partial charge in [0.1, 0.15) is 0 Å². The molecule has 0 bridgehead atoms. The molecule has 2 heterocycles. The monoisotopic (exact) mass is 330 g/mol. The van der Waals surface area contributed by atoms with E-state index >= 15 is 0 Å². The van der Waals surface area contributed by atoms with Crippen LogP contribution in [0.3, 0.4) is 0 Å². The number of likely N-dealkylation sites (N-methyl/N-ethyl adjacent to an activating group) is 1. The van der Waals surface area contributed by atoms with Gasteiger partial charge in [-0.3, -0.25) is 4.90 Å². The van der Waals surface area contributed by atoms with E-state index in [4.69, 9.17) is 0 Å². The normalized spacial score (nSPS) is 19.2. The summed E-state index contributed by atoms with van der Waals surface area (Å²) >= 11 is 0. The van der Waals surface area contributed by atoms with E-state index < -0.39 is 0 Å². The Bertz CT molecular complexity index is 451. The lowest BCUT2D eigenvalue weighted by molar-refractivity contribution is 0.0770. The Balaban J connectivity index is 0.00000242. The van der Waals surface area contributed by atoms with Crippen LogP contribution in [-0.4, -0.2) is 63.2 Å². The fraction of sp³-hybridized carbons (Fsp3) is 0.933. The van der Waals surface area contributed by atoms with Crippen molar-refractivity contribution in [2.45, 2.75) is 52.6 Å². The molecule has 0 aromatic carbocycles. The number of hydrogen-bond donors (Lipinski definition) is 0. The van der Waals surface area contributed by atoms with Crippen LogP contribution < -0.4 is 0 Å². The summed E-state index contributed by atoms with van der Waals surface area (Å²) in [6, 6.07) is 0.291. The van der Waals surface area contributed by atoms with Crippen molar-refractivity contribution in [3.8, 4) is 0 Å². The van der Waals surface area contributed by atoms with Crippen LogP contribution in [0.15, 0.2) is 0 Å². The van der Waals surface area contributed by atoms with Crippen molar-refractivity contribution in [3.63, 3.8) is 0 Å². The minimum Gasteiger partial charge on any atom is -0.304 e. The SMILES string of the molecule is CCC(C)(C)n1nnnc1C(C(C)C)N1CCN(C)CC1.Cl. The predicted molar refractivity (Wildman–Crippen MR) is 91.3 cm³/mol. The molecule has 1 saturated heterocycles. The van der Waals surface area contributed by atoms with Gasteiger partial charge in [-0.2, -0.15) is 0 Å². The van der Waals surface area contributed by atoms with E-state index in [1.54, 1.807) is 0 Å². The minimum absolute atomic E-state index is 0. The third-order valence-electron chi connectivity index (χ3n) is 4.76. The van der Waals surface area contributed by atoms with Crippen LogP contribution in [0.4, 0.5) is 0 Å². The summed E-state index contributed by atoms with van der Waals surface area (Å²) in [6.45, 7) is 15.5. The summed E-state index contributed by atoms with van der Waals surface area (Å²) in [4.78, 5) is 4.92. The Morgan fingerprint density at radius 3 is 2.23 bits per heavy atom. The third kappa shape index (κ3) is 3.97. The molecule has 0 amide bonds. The van der Waals surface area contributed by atoms with E-state index in [9.17, 15) is 0 Å². The zero-order valence-corrected chi connectivity index (χ0v) is 15.6. The lowest BCUT2D eigenvalue weighted by Crippen LogP contribution is -2.48. The molecule has 0 spiro atoms. The maximum Gasteiger partial charge on any atom is 0.169 e. The van der Waals surface area contributed by atoms with Crippen molar-refractivity contribution >= 4 is 12.4 Å². The maximum atomic E-state index is 4.39. The van der Waals surface area contributed by atoms with E-state index in [0.717, 1.165) is 38.4 Å². The van der Waals surface area contributed by atoms with E-state index in [2.05, 4.69) is 67.0 Å². The third-order valence-corrected chi connectivity index (χ3v) is 4.76. The first-order chi connectivity index (χ1) is 9.86. The quantitative estimate of drug-likeness (QED) is 0.828. The Morgan fingerprint density at radius 2 is 1.73 bits per heavy atom. The molecule has 1 aliphatic heterocycles. The molecular weight excluding hydrogens is 300 g/mol. The number of tetrazole rings is 1. The van der Waals surface area contributed by atoms with Crippen LogP contribution in [0.2, 0.25) is 0 Å². The van der Waals surface area contributed by atoms with Gasteiger partial charge in [-0.05, 0) is 43.7 Å². The van der Waals surface area contributed by atoms with Crippen molar-refractivity contribution in [1.82, 2.24) is 30.0 Å². The molecule has 1 atom stereocenters. The van der Waals surface area contributed by atoms with Crippen LogP contribution in [-0.2, 0) is 5.54 Å². The van der Waals surface area contributed by atoms with Gasteiger partial charge in [-0.25, -0.2) is 4.68 Å². The zero-order chi connectivity index (χ0) is 15.6. The Labute approximate surface area is 140 Å². The van der Waals surface area contributed by atoms with Gasteiger partial charge >= 0.3 is 0 Å². The van der Waals surface area contributed by atoms with Gasteiger partial charge in [0.15, 0.2) is 5.82 Å². The number of nitrogens with zero attached hydrogens (tertiary/aromatic N) is 6. The summed E-state index contributed by atoms with van der Waals surface area (Å²) in [5.41, 5.74) is -0.0431. The zero-order valence-electron chi connectivity index (χ0n) is 14.8. The van der Waals surface area contributed by atoms with Crippen molar-refractivity contribution in [3.05, 3.63) is 5.82 Å². The smallest absolute Gasteiger partial charge is 0.169 e. The molecule has 0 aliphatic carbocycles. The van der Waals surface area contributed by atoms with Gasteiger partial charge in [0, 0.05) is 26.2 Å². The number of rotatable bonds is 5. The second-order valence-electron chi connectivity index (χ2n) is 7.14. The van der Waals surface area contributed by atoms with Crippen LogP contribution in [0, 0.1) is 5.92 Å². The predicted octanol–water partition coefficient (Wildman–Crippen LogP) is 2.18. The Morgan fingerprint density at radius 1 is 1.14 bits per heavy atom. The fourth-order valence-electron chi connectivity index (χ4n) is 2.94. The second kappa shape index (κ2) is 7.70. The molecule has 0 radical (unpaired) electrons. The average Bonchev–Trinajstić information content (AvgIpc) is 2.91. The van der Waals surface area contributed by atoms with Gasteiger partial charge in [0.2, 0.25) is 0 Å². The van der Waals surface area contributed by atoms with Crippen molar-refractivity contribution in [1.29, 1.82) is 0 Å². The topological polar surface area (TPSA) is 50.1 Å². The van der Waals surface area contributed by atoms with Gasteiger partial charge in [-0.15, -0.1) is 17.5 Å². The number of hydrogen-bond acceptors (Lipinski definition) is 5. The average molecular weight is 331 g/mol. The summed E-state index contributed by atoms with van der Waals surface area (Å²) < 4.78 is 2.04. The first kappa shape index (κ1) is 19.3. The molecule has 2 rings (SSSR count). The van der Waals surface area contributed by atoms with Crippen LogP contribution in [0.1, 0.15) is 52.9 Å². The molecule has 128 valence electrons. The first-order valence-corrected chi connectivity index (χ1v) is 8.08. The van der Waals surface area contributed by atoms with E-state index in [1.165, 1.54) is 0 Å². The molecular formula is C15H31ClN6. The second-order valence-corrected chi connectivity index (χ2v) is 7.14. The number of halogens is 1. The molecule has 0 saturated carbocycles. The van der Waals surface area contributed by atoms with Gasteiger partial charge in [0.05, 0.1) is 11.6 Å². The Hall–Kier alpha value is -0.720. The highest BCUT2D eigenvalue weighted by atomic mass is 35.5. The van der Waals surface area contributed by atoms with Gasteiger partial charge < -0.3 is 4.90 Å². The van der Waals surface area contributed by atoms with Gasteiger partial charge in [-0.1, -0.05) is 20.8 Å². The lowest BCUT2D eigenvalue weighted by atomic mass is 9.97. The summed E-state index contributed by atoms with van der Waals surface area (Å²) in [7, 11) is 2.19. The van der Waals surface area contributed by atoms with Crippen molar-refractivity contribution < 1.29 is 0 Å². The van der Waals surface area contributed by atoms with Gasteiger partial charge in [0.25, 0.3) is 0 Å². The molecule has 1 aromatic heterocycles. The molecule has 1 aliphatic rings. The lowest BCUT2D eigenvalue weighted by Gasteiger charge is -2.40. The van der Waals surface area contributed by atoms with Crippen molar-refractivity contribution in [2.24, 2.45) is 5.92 Å². The van der Waals surface area contributed by atoms with Crippen LogP contribution in [0.5, 0.6) is 0 Å². The molecule has 1 aromatic rings. The fourth-order valence-corrected chi connectivity index (χ4v) is 2.94. The number of piperazine rings is 1.